The predicted octanol–water partition coefficient (Wildman–Crippen LogP) is 19.0. The van der Waals surface area contributed by atoms with E-state index in [-0.39, 0.29) is 0 Å². The highest BCUT2D eigenvalue weighted by atomic mass is 15.2. The second-order valence-corrected chi connectivity index (χ2v) is 20.3. The molecular formula is C66H54N4. The lowest BCUT2D eigenvalue weighted by atomic mass is 9.84. The quantitative estimate of drug-likeness (QED) is 0.151. The van der Waals surface area contributed by atoms with Gasteiger partial charge in [-0.25, -0.2) is 0 Å². The zero-order valence-corrected chi connectivity index (χ0v) is 39.3. The summed E-state index contributed by atoms with van der Waals surface area (Å²) in [5.41, 5.74) is 15.2. The molecule has 0 atom stereocenters. The molecule has 0 radical (unpaired) electrons. The van der Waals surface area contributed by atoms with Crippen molar-refractivity contribution in [3.8, 4) is 0 Å². The summed E-state index contributed by atoms with van der Waals surface area (Å²) in [5, 5.41) is 8.17. The summed E-state index contributed by atoms with van der Waals surface area (Å²) in [4.78, 5) is 4.82. The zero-order valence-electron chi connectivity index (χ0n) is 41.3. The van der Waals surface area contributed by atoms with Crippen LogP contribution in [0.2, 0.25) is 0 Å². The van der Waals surface area contributed by atoms with Gasteiger partial charge in [0.1, 0.15) is 0 Å². The van der Waals surface area contributed by atoms with E-state index in [1.54, 1.807) is 0 Å². The summed E-state index contributed by atoms with van der Waals surface area (Å²) in [6.07, 6.45) is 13.0. The third-order valence-electron chi connectivity index (χ3n) is 16.5. The minimum Gasteiger partial charge on any atom is -0.310 e. The first kappa shape index (κ1) is 38.1. The molecule has 9 aromatic carbocycles. The summed E-state index contributed by atoms with van der Waals surface area (Å²) < 4.78 is 25.7. The molecule has 2 fully saturated rings. The molecule has 15 rings (SSSR count). The average molecular weight is 905 g/mol. The van der Waals surface area contributed by atoms with Crippen molar-refractivity contribution >= 4 is 110 Å². The Morgan fingerprint density at radius 3 is 1.11 bits per heavy atom. The fraction of sp³-hybridized carbons (Fsp3) is 0.182. The van der Waals surface area contributed by atoms with Gasteiger partial charge in [0, 0.05) is 65.8 Å². The molecule has 13 aromatic rings. The van der Waals surface area contributed by atoms with Crippen molar-refractivity contribution in [3.05, 3.63) is 205 Å². The van der Waals surface area contributed by atoms with E-state index in [4.69, 9.17) is 0 Å². The summed E-state index contributed by atoms with van der Waals surface area (Å²) in [6, 6.07) is 67.5. The van der Waals surface area contributed by atoms with Gasteiger partial charge in [0.2, 0.25) is 0 Å². The van der Waals surface area contributed by atoms with E-state index in [0.29, 0.717) is 23.9 Å². The standard InChI is InChI=1S/C66H54N4/c1-5-17-43(18-6-1)45-29-33-49(34-30-45)67(47-21-9-3-10-22-47)59-39-37-51-55-41-62-56(42-61(55)69-57-27-15-13-25-53(57)63(59)65(51)69)52-38-40-60(64-54-26-14-16-28-58(54)70(62)66(52)64)68(48-23-11-4-12-24-48)50-35-31-46(32-36-50)44-19-7-2-8-20-44/h3-4,9-16,21-44H,1-2,5-8,17-20H2/i41D,42D. The Bertz CT molecular complexity index is 3910. The van der Waals surface area contributed by atoms with Gasteiger partial charge in [0.15, 0.2) is 0 Å². The SMILES string of the molecule is [2H]c1c2c3ccc(N(c4ccccc4)c4ccc(C5CCCCC5)cc4)c4c5ccccc5n(c2c([2H])c2c5ccc(N(c6ccccc6)c6ccc(C7CCCCC7)cc6)c6c7ccccc7n(c12)c56)c34. The molecule has 0 aliphatic heterocycles. The molecule has 4 heteroatoms. The van der Waals surface area contributed by atoms with Gasteiger partial charge < -0.3 is 18.6 Å². The third kappa shape index (κ3) is 5.95. The van der Waals surface area contributed by atoms with Crippen molar-refractivity contribution in [1.82, 2.24) is 8.80 Å². The second-order valence-electron chi connectivity index (χ2n) is 20.3. The number of hydrogen-bond acceptors (Lipinski definition) is 2. The molecule has 70 heavy (non-hydrogen) atoms. The smallest absolute Gasteiger partial charge is 0.0653 e. The Kier molecular flexibility index (Phi) is 8.63. The molecule has 0 unspecified atom stereocenters. The first-order chi connectivity index (χ1) is 35.6. The maximum Gasteiger partial charge on any atom is 0.0653 e. The summed E-state index contributed by atoms with van der Waals surface area (Å²) >= 11 is 0. The molecule has 0 bridgehead atoms. The Balaban J connectivity index is 0.980. The molecule has 0 spiro atoms. The van der Waals surface area contributed by atoms with Gasteiger partial charge >= 0.3 is 0 Å². The van der Waals surface area contributed by atoms with Gasteiger partial charge in [0.25, 0.3) is 0 Å². The number of benzene rings is 9. The number of anilines is 6. The highest BCUT2D eigenvalue weighted by Crippen LogP contribution is 2.51. The molecule has 0 saturated heterocycles. The third-order valence-corrected chi connectivity index (χ3v) is 16.5. The number of rotatable bonds is 8. The minimum absolute atomic E-state index is 0.453. The summed E-state index contributed by atoms with van der Waals surface area (Å²) in [5.74, 6) is 1.25. The van der Waals surface area contributed by atoms with E-state index in [9.17, 15) is 2.74 Å². The molecular weight excluding hydrogens is 849 g/mol. The van der Waals surface area contributed by atoms with Gasteiger partial charge in [-0.15, -0.1) is 0 Å². The molecule has 4 nitrogen and oxygen atoms in total. The van der Waals surface area contributed by atoms with Crippen molar-refractivity contribution in [2.75, 3.05) is 9.80 Å². The normalized spacial score (nSPS) is 15.7. The van der Waals surface area contributed by atoms with Crippen molar-refractivity contribution in [2.45, 2.75) is 76.0 Å². The van der Waals surface area contributed by atoms with E-state index < -0.39 is 0 Å². The van der Waals surface area contributed by atoms with Crippen LogP contribution in [0.4, 0.5) is 34.1 Å². The number of para-hydroxylation sites is 4. The second kappa shape index (κ2) is 15.9. The van der Waals surface area contributed by atoms with Crippen LogP contribution < -0.4 is 9.80 Å². The lowest BCUT2D eigenvalue weighted by Gasteiger charge is -2.28. The lowest BCUT2D eigenvalue weighted by Crippen LogP contribution is -2.11. The largest absolute Gasteiger partial charge is 0.310 e. The van der Waals surface area contributed by atoms with Crippen molar-refractivity contribution in [1.29, 1.82) is 0 Å². The van der Waals surface area contributed by atoms with Crippen molar-refractivity contribution in [3.63, 3.8) is 0 Å². The topological polar surface area (TPSA) is 15.3 Å². The average Bonchev–Trinajstić information content (AvgIpc) is 4.20. The Labute approximate surface area is 411 Å². The number of hydrogen-bond donors (Lipinski definition) is 0. The Hall–Kier alpha value is -7.82. The van der Waals surface area contributed by atoms with Crippen molar-refractivity contribution < 1.29 is 2.74 Å². The molecule has 4 heterocycles. The Morgan fingerprint density at radius 2 is 0.700 bits per heavy atom. The number of aromatic nitrogens is 2. The highest BCUT2D eigenvalue weighted by Gasteiger charge is 2.28. The molecule has 338 valence electrons. The van der Waals surface area contributed by atoms with Crippen LogP contribution in [0.25, 0.3) is 76.2 Å². The fourth-order valence-electron chi connectivity index (χ4n) is 13.3. The molecule has 2 saturated carbocycles. The molecule has 2 aliphatic carbocycles. The maximum absolute atomic E-state index is 10.5. The zero-order chi connectivity index (χ0) is 47.6. The van der Waals surface area contributed by atoms with Crippen LogP contribution in [0.5, 0.6) is 0 Å². The Morgan fingerprint density at radius 1 is 0.329 bits per heavy atom. The van der Waals surface area contributed by atoms with Crippen LogP contribution in [-0.4, -0.2) is 8.80 Å². The van der Waals surface area contributed by atoms with E-state index in [1.165, 1.54) is 75.3 Å². The van der Waals surface area contributed by atoms with Crippen LogP contribution in [0, 0.1) is 0 Å². The van der Waals surface area contributed by atoms with Crippen LogP contribution in [0.1, 0.15) is 89.9 Å². The predicted molar refractivity (Wildman–Crippen MR) is 297 cm³/mol. The van der Waals surface area contributed by atoms with Crippen LogP contribution in [0.3, 0.4) is 0 Å². The molecule has 0 N–H and O–H groups in total. The maximum atomic E-state index is 10.5. The summed E-state index contributed by atoms with van der Waals surface area (Å²) in [7, 11) is 0. The molecule has 4 aromatic heterocycles. The lowest BCUT2D eigenvalue weighted by molar-refractivity contribution is 0.443. The van der Waals surface area contributed by atoms with Crippen LogP contribution in [0.15, 0.2) is 194 Å². The van der Waals surface area contributed by atoms with E-state index in [1.807, 2.05) is 0 Å². The van der Waals surface area contributed by atoms with Gasteiger partial charge in [-0.1, -0.05) is 148 Å². The molecule has 0 amide bonds. The fourth-order valence-corrected chi connectivity index (χ4v) is 13.3. The van der Waals surface area contributed by atoms with Gasteiger partial charge in [0.05, 0.1) is 47.2 Å². The molecule has 2 aliphatic rings. The van der Waals surface area contributed by atoms with Gasteiger partial charge in [-0.2, -0.15) is 0 Å². The minimum atomic E-state index is 0.453. The van der Waals surface area contributed by atoms with Gasteiger partial charge in [-0.05, 0) is 134 Å². The monoisotopic (exact) mass is 904 g/mol. The van der Waals surface area contributed by atoms with E-state index >= 15 is 0 Å². The van der Waals surface area contributed by atoms with E-state index in [2.05, 4.69) is 201 Å². The first-order valence-corrected chi connectivity index (χ1v) is 25.8. The van der Waals surface area contributed by atoms with Crippen molar-refractivity contribution in [2.24, 2.45) is 0 Å². The van der Waals surface area contributed by atoms with Crippen LogP contribution >= 0.6 is 0 Å². The summed E-state index contributed by atoms with van der Waals surface area (Å²) in [6.45, 7) is 0. The van der Waals surface area contributed by atoms with Crippen LogP contribution in [-0.2, 0) is 0 Å². The highest BCUT2D eigenvalue weighted by molar-refractivity contribution is 6.32. The van der Waals surface area contributed by atoms with E-state index in [0.717, 1.165) is 110 Å². The first-order valence-electron chi connectivity index (χ1n) is 26.8. The number of fused-ring (bicyclic) bond motifs is 12. The number of nitrogens with zero attached hydrogens (tertiary/aromatic N) is 4. The van der Waals surface area contributed by atoms with Gasteiger partial charge in [-0.3, -0.25) is 0 Å².